The summed E-state index contributed by atoms with van der Waals surface area (Å²) < 4.78 is 1.82. The highest BCUT2D eigenvalue weighted by molar-refractivity contribution is 5.46. The fourth-order valence-corrected chi connectivity index (χ4v) is 1.83. The third kappa shape index (κ3) is 2.66. The Bertz CT molecular complexity index is 579. The summed E-state index contributed by atoms with van der Waals surface area (Å²) >= 11 is 0. The molecule has 0 bridgehead atoms. The van der Waals surface area contributed by atoms with Crippen molar-refractivity contribution >= 4 is 5.69 Å². The topological polar surface area (TPSA) is 66.5 Å². The first-order chi connectivity index (χ1) is 8.72. The summed E-state index contributed by atoms with van der Waals surface area (Å²) in [6.07, 6.45) is 4.56. The predicted molar refractivity (Wildman–Crippen MR) is 68.9 cm³/mol. The Hall–Kier alpha value is -2.35. The average Bonchev–Trinajstić information content (AvgIpc) is 2.77. The molecule has 1 N–H and O–H groups in total. The fourth-order valence-electron chi connectivity index (χ4n) is 1.83. The molecule has 0 aliphatic heterocycles. The molecule has 0 aliphatic rings. The van der Waals surface area contributed by atoms with E-state index in [0.29, 0.717) is 12.2 Å². The fraction of sp³-hybridized carbons (Fsp3) is 0.308. The van der Waals surface area contributed by atoms with Gasteiger partial charge in [0.05, 0.1) is 5.69 Å². The number of rotatable bonds is 4. The van der Waals surface area contributed by atoms with E-state index in [2.05, 4.69) is 22.3 Å². The second-order valence-corrected chi connectivity index (χ2v) is 4.02. The molecule has 0 amide bonds. The van der Waals surface area contributed by atoms with Gasteiger partial charge in [0.2, 0.25) is 0 Å². The largest absolute Gasteiger partial charge is 0.381 e. The van der Waals surface area contributed by atoms with Gasteiger partial charge in [-0.3, -0.25) is 4.68 Å². The lowest BCUT2D eigenvalue weighted by atomic mass is 10.2. The van der Waals surface area contributed by atoms with Gasteiger partial charge < -0.3 is 5.32 Å². The van der Waals surface area contributed by atoms with Gasteiger partial charge in [-0.1, -0.05) is 6.92 Å². The van der Waals surface area contributed by atoms with Crippen molar-refractivity contribution in [3.05, 3.63) is 41.5 Å². The van der Waals surface area contributed by atoms with Crippen LogP contribution in [0.15, 0.2) is 24.5 Å². The molecule has 0 unspecified atom stereocenters. The van der Waals surface area contributed by atoms with E-state index in [4.69, 9.17) is 5.26 Å². The lowest BCUT2D eigenvalue weighted by molar-refractivity contribution is 0.746. The molecular weight excluding hydrogens is 226 g/mol. The Kier molecular flexibility index (Phi) is 3.58. The first-order valence-electron chi connectivity index (χ1n) is 5.84. The number of hydrogen-bond donors (Lipinski definition) is 1. The molecule has 5 nitrogen and oxygen atoms in total. The van der Waals surface area contributed by atoms with Crippen molar-refractivity contribution < 1.29 is 0 Å². The molecule has 2 rings (SSSR count). The first-order valence-corrected chi connectivity index (χ1v) is 5.84. The number of aryl methyl sites for hydroxylation is 2. The zero-order valence-electron chi connectivity index (χ0n) is 10.5. The molecule has 18 heavy (non-hydrogen) atoms. The molecule has 0 fully saturated rings. The standard InChI is InChI=1S/C13H15N5/c1-3-13-10(9-18(2)17-13)8-16-11-4-5-15-12(6-11)7-14/h4-6,9H,3,8H2,1-2H3,(H,15,16). The van der Waals surface area contributed by atoms with Gasteiger partial charge in [0, 0.05) is 37.2 Å². The maximum Gasteiger partial charge on any atom is 0.142 e. The van der Waals surface area contributed by atoms with Crippen LogP contribution in [0.3, 0.4) is 0 Å². The number of nitrogens with one attached hydrogen (secondary N) is 1. The highest BCUT2D eigenvalue weighted by Gasteiger charge is 2.05. The molecule has 0 saturated carbocycles. The van der Waals surface area contributed by atoms with Gasteiger partial charge in [0.25, 0.3) is 0 Å². The van der Waals surface area contributed by atoms with Crippen LogP contribution in [-0.2, 0) is 20.0 Å². The van der Waals surface area contributed by atoms with Gasteiger partial charge in [-0.05, 0) is 18.6 Å². The number of aromatic nitrogens is 3. The van der Waals surface area contributed by atoms with Gasteiger partial charge >= 0.3 is 0 Å². The molecular formula is C13H15N5. The van der Waals surface area contributed by atoms with E-state index in [-0.39, 0.29) is 0 Å². The zero-order chi connectivity index (χ0) is 13.0. The quantitative estimate of drug-likeness (QED) is 0.887. The molecule has 0 atom stereocenters. The van der Waals surface area contributed by atoms with Crippen LogP contribution < -0.4 is 5.32 Å². The zero-order valence-corrected chi connectivity index (χ0v) is 10.5. The summed E-state index contributed by atoms with van der Waals surface area (Å²) in [5, 5.41) is 16.4. The Morgan fingerprint density at radius 3 is 3.06 bits per heavy atom. The molecule has 0 aromatic carbocycles. The van der Waals surface area contributed by atoms with Gasteiger partial charge in [-0.15, -0.1) is 0 Å². The van der Waals surface area contributed by atoms with Crippen molar-refractivity contribution in [3.8, 4) is 6.07 Å². The number of nitriles is 1. The highest BCUT2D eigenvalue weighted by atomic mass is 15.3. The smallest absolute Gasteiger partial charge is 0.142 e. The Morgan fingerprint density at radius 2 is 2.33 bits per heavy atom. The van der Waals surface area contributed by atoms with Crippen molar-refractivity contribution in [2.24, 2.45) is 7.05 Å². The van der Waals surface area contributed by atoms with Crippen LogP contribution in [0.4, 0.5) is 5.69 Å². The molecule has 0 aliphatic carbocycles. The van der Waals surface area contributed by atoms with Crippen molar-refractivity contribution in [1.29, 1.82) is 5.26 Å². The van der Waals surface area contributed by atoms with Gasteiger partial charge in [-0.2, -0.15) is 10.4 Å². The Labute approximate surface area is 106 Å². The van der Waals surface area contributed by atoms with Gasteiger partial charge in [-0.25, -0.2) is 4.98 Å². The molecule has 2 aromatic heterocycles. The molecule has 2 aromatic rings. The van der Waals surface area contributed by atoms with E-state index < -0.39 is 0 Å². The SMILES string of the molecule is CCc1nn(C)cc1CNc1ccnc(C#N)c1. The molecule has 0 radical (unpaired) electrons. The Morgan fingerprint density at radius 1 is 1.50 bits per heavy atom. The van der Waals surface area contributed by atoms with Crippen LogP contribution in [0.25, 0.3) is 0 Å². The maximum absolute atomic E-state index is 8.78. The van der Waals surface area contributed by atoms with E-state index in [9.17, 15) is 0 Å². The highest BCUT2D eigenvalue weighted by Crippen LogP contribution is 2.12. The van der Waals surface area contributed by atoms with Crippen molar-refractivity contribution in [3.63, 3.8) is 0 Å². The monoisotopic (exact) mass is 241 g/mol. The number of pyridine rings is 1. The minimum Gasteiger partial charge on any atom is -0.381 e. The second-order valence-electron chi connectivity index (χ2n) is 4.02. The van der Waals surface area contributed by atoms with Crippen molar-refractivity contribution in [2.45, 2.75) is 19.9 Å². The van der Waals surface area contributed by atoms with Crippen molar-refractivity contribution in [2.75, 3.05) is 5.32 Å². The normalized spacial score (nSPS) is 10.1. The number of hydrogen-bond acceptors (Lipinski definition) is 4. The van der Waals surface area contributed by atoms with Gasteiger partial charge in [0.1, 0.15) is 11.8 Å². The van der Waals surface area contributed by atoms with E-state index in [1.165, 1.54) is 5.56 Å². The summed E-state index contributed by atoms with van der Waals surface area (Å²) in [7, 11) is 1.92. The average molecular weight is 241 g/mol. The summed E-state index contributed by atoms with van der Waals surface area (Å²) in [6, 6.07) is 5.61. The third-order valence-corrected chi connectivity index (χ3v) is 2.68. The van der Waals surface area contributed by atoms with E-state index in [0.717, 1.165) is 17.8 Å². The lowest BCUT2D eigenvalue weighted by Crippen LogP contribution is -2.01. The third-order valence-electron chi connectivity index (χ3n) is 2.68. The van der Waals surface area contributed by atoms with Crippen LogP contribution in [0.1, 0.15) is 23.9 Å². The first kappa shape index (κ1) is 12.1. The molecule has 0 saturated heterocycles. The summed E-state index contributed by atoms with van der Waals surface area (Å²) in [4.78, 5) is 3.93. The van der Waals surface area contributed by atoms with Crippen LogP contribution >= 0.6 is 0 Å². The second kappa shape index (κ2) is 5.32. The molecule has 92 valence electrons. The summed E-state index contributed by atoms with van der Waals surface area (Å²) in [5.41, 5.74) is 3.59. The summed E-state index contributed by atoms with van der Waals surface area (Å²) in [6.45, 7) is 2.79. The van der Waals surface area contributed by atoms with E-state index >= 15 is 0 Å². The minimum atomic E-state index is 0.418. The van der Waals surface area contributed by atoms with Crippen molar-refractivity contribution in [1.82, 2.24) is 14.8 Å². The Balaban J connectivity index is 2.09. The maximum atomic E-state index is 8.78. The van der Waals surface area contributed by atoms with Crippen LogP contribution in [-0.4, -0.2) is 14.8 Å². The van der Waals surface area contributed by atoms with Crippen LogP contribution in [0, 0.1) is 11.3 Å². The number of anilines is 1. The molecule has 2 heterocycles. The molecule has 5 heteroatoms. The van der Waals surface area contributed by atoms with Crippen LogP contribution in [0.5, 0.6) is 0 Å². The predicted octanol–water partition coefficient (Wildman–Crippen LogP) is 1.86. The lowest BCUT2D eigenvalue weighted by Gasteiger charge is -2.05. The molecule has 0 spiro atoms. The van der Waals surface area contributed by atoms with E-state index in [1.54, 1.807) is 12.3 Å². The van der Waals surface area contributed by atoms with Crippen LogP contribution in [0.2, 0.25) is 0 Å². The van der Waals surface area contributed by atoms with E-state index in [1.807, 2.05) is 30.1 Å². The van der Waals surface area contributed by atoms with Gasteiger partial charge in [0.15, 0.2) is 0 Å². The number of nitrogens with zero attached hydrogens (tertiary/aromatic N) is 4. The minimum absolute atomic E-state index is 0.418. The summed E-state index contributed by atoms with van der Waals surface area (Å²) in [5.74, 6) is 0.